The molecule has 1 amide bonds. The molecule has 2 aliphatic heterocycles. The van der Waals surface area contributed by atoms with Gasteiger partial charge >= 0.3 is 5.97 Å². The van der Waals surface area contributed by atoms with Crippen molar-refractivity contribution in [2.75, 3.05) is 19.6 Å². The third-order valence-electron chi connectivity index (χ3n) is 5.94. The molecule has 2 fully saturated rings. The number of hydrogen-bond acceptors (Lipinski definition) is 4. The zero-order valence-electron chi connectivity index (χ0n) is 15.0. The van der Waals surface area contributed by atoms with E-state index in [9.17, 15) is 9.59 Å². The summed E-state index contributed by atoms with van der Waals surface area (Å²) in [4.78, 5) is 27.3. The molecule has 1 saturated heterocycles. The molecule has 134 valence electrons. The first-order chi connectivity index (χ1) is 11.5. The van der Waals surface area contributed by atoms with Gasteiger partial charge in [0.05, 0.1) is 5.57 Å². The van der Waals surface area contributed by atoms with Crippen LogP contribution in [-0.2, 0) is 14.3 Å². The Labute approximate surface area is 144 Å². The van der Waals surface area contributed by atoms with Crippen molar-refractivity contribution in [2.45, 2.75) is 76.9 Å². The van der Waals surface area contributed by atoms with Crippen molar-refractivity contribution in [1.82, 2.24) is 10.2 Å². The van der Waals surface area contributed by atoms with Gasteiger partial charge in [-0.3, -0.25) is 9.69 Å². The smallest absolute Gasteiger partial charge is 0.335 e. The van der Waals surface area contributed by atoms with Crippen LogP contribution in [-0.4, -0.2) is 48.1 Å². The van der Waals surface area contributed by atoms with Crippen molar-refractivity contribution >= 4 is 11.9 Å². The van der Waals surface area contributed by atoms with Gasteiger partial charge in [-0.05, 0) is 58.9 Å². The summed E-state index contributed by atoms with van der Waals surface area (Å²) in [6, 6.07) is 0.595. The maximum atomic E-state index is 12.8. The van der Waals surface area contributed by atoms with Crippen molar-refractivity contribution in [3.05, 3.63) is 11.1 Å². The lowest BCUT2D eigenvalue weighted by molar-refractivity contribution is -0.149. The number of rotatable bonds is 4. The highest BCUT2D eigenvalue weighted by molar-refractivity contribution is 6.07. The normalized spacial score (nSPS) is 27.4. The van der Waals surface area contributed by atoms with Gasteiger partial charge in [0.15, 0.2) is 0 Å². The number of esters is 1. The predicted molar refractivity (Wildman–Crippen MR) is 92.5 cm³/mol. The largest absolute Gasteiger partial charge is 0.451 e. The second-order valence-corrected chi connectivity index (χ2v) is 7.58. The van der Waals surface area contributed by atoms with Crippen molar-refractivity contribution in [3.8, 4) is 0 Å². The topological polar surface area (TPSA) is 58.6 Å². The maximum absolute atomic E-state index is 12.8. The van der Waals surface area contributed by atoms with E-state index in [0.717, 1.165) is 45.2 Å². The van der Waals surface area contributed by atoms with E-state index in [4.69, 9.17) is 4.74 Å². The third-order valence-corrected chi connectivity index (χ3v) is 5.94. The van der Waals surface area contributed by atoms with E-state index in [-0.39, 0.29) is 11.9 Å². The summed E-state index contributed by atoms with van der Waals surface area (Å²) < 4.78 is 5.66. The summed E-state index contributed by atoms with van der Waals surface area (Å²) >= 11 is 0. The van der Waals surface area contributed by atoms with Gasteiger partial charge in [-0.1, -0.05) is 12.8 Å². The first-order valence-electron chi connectivity index (χ1n) is 9.50. The molecule has 3 aliphatic rings. The van der Waals surface area contributed by atoms with E-state index in [2.05, 4.69) is 17.1 Å². The SMILES string of the molecule is CC1=C(C(=O)NCCN2CCCCC2C)C2(CCCCC2)OC1=O. The summed E-state index contributed by atoms with van der Waals surface area (Å²) in [5, 5.41) is 3.04. The van der Waals surface area contributed by atoms with Gasteiger partial charge in [0.2, 0.25) is 0 Å². The molecule has 24 heavy (non-hydrogen) atoms. The molecule has 5 heteroatoms. The monoisotopic (exact) mass is 334 g/mol. The van der Waals surface area contributed by atoms with Crippen LogP contribution in [0.1, 0.15) is 65.2 Å². The number of hydrogen-bond donors (Lipinski definition) is 1. The molecule has 0 aromatic carbocycles. The number of nitrogens with zero attached hydrogens (tertiary/aromatic N) is 1. The van der Waals surface area contributed by atoms with Crippen LogP contribution in [0.3, 0.4) is 0 Å². The number of carbonyl (C=O) groups excluding carboxylic acids is 2. The minimum atomic E-state index is -0.651. The van der Waals surface area contributed by atoms with Gasteiger partial charge in [-0.2, -0.15) is 0 Å². The van der Waals surface area contributed by atoms with Crippen LogP contribution < -0.4 is 5.32 Å². The van der Waals surface area contributed by atoms with Crippen LogP contribution in [0.2, 0.25) is 0 Å². The fourth-order valence-electron chi connectivity index (χ4n) is 4.49. The van der Waals surface area contributed by atoms with Gasteiger partial charge in [-0.15, -0.1) is 0 Å². The van der Waals surface area contributed by atoms with E-state index < -0.39 is 5.60 Å². The number of likely N-dealkylation sites (tertiary alicyclic amines) is 1. The van der Waals surface area contributed by atoms with Gasteiger partial charge in [-0.25, -0.2) is 4.79 Å². The fraction of sp³-hybridized carbons (Fsp3) is 0.789. The molecule has 0 aromatic rings. The molecule has 1 spiro atoms. The Balaban J connectivity index is 1.61. The molecular formula is C19H30N2O3. The Morgan fingerprint density at radius 1 is 1.25 bits per heavy atom. The minimum Gasteiger partial charge on any atom is -0.451 e. The predicted octanol–water partition coefficient (Wildman–Crippen LogP) is 2.55. The first kappa shape index (κ1) is 17.5. The zero-order valence-corrected chi connectivity index (χ0v) is 15.0. The van der Waals surface area contributed by atoms with Gasteiger partial charge in [0.1, 0.15) is 5.60 Å². The molecule has 1 saturated carbocycles. The second kappa shape index (κ2) is 7.26. The van der Waals surface area contributed by atoms with Crippen LogP contribution >= 0.6 is 0 Å². The maximum Gasteiger partial charge on any atom is 0.335 e. The highest BCUT2D eigenvalue weighted by Crippen LogP contribution is 2.43. The Kier molecular flexibility index (Phi) is 5.28. The van der Waals surface area contributed by atoms with Crippen molar-refractivity contribution < 1.29 is 14.3 Å². The fourth-order valence-corrected chi connectivity index (χ4v) is 4.49. The van der Waals surface area contributed by atoms with E-state index in [1.165, 1.54) is 19.3 Å². The quantitative estimate of drug-likeness (QED) is 0.803. The highest BCUT2D eigenvalue weighted by atomic mass is 16.6. The van der Waals surface area contributed by atoms with Crippen LogP contribution in [0, 0.1) is 0 Å². The number of ether oxygens (including phenoxy) is 1. The second-order valence-electron chi connectivity index (χ2n) is 7.58. The van der Waals surface area contributed by atoms with E-state index in [0.29, 0.717) is 23.7 Å². The van der Waals surface area contributed by atoms with Gasteiger partial charge in [0.25, 0.3) is 5.91 Å². The Morgan fingerprint density at radius 2 is 2.00 bits per heavy atom. The van der Waals surface area contributed by atoms with Crippen LogP contribution in [0.15, 0.2) is 11.1 Å². The molecule has 0 radical (unpaired) electrons. The molecule has 0 bridgehead atoms. The van der Waals surface area contributed by atoms with Gasteiger partial charge in [0, 0.05) is 24.7 Å². The molecule has 5 nitrogen and oxygen atoms in total. The van der Waals surface area contributed by atoms with Crippen molar-refractivity contribution in [2.24, 2.45) is 0 Å². The van der Waals surface area contributed by atoms with Crippen LogP contribution in [0.4, 0.5) is 0 Å². The number of piperidine rings is 1. The molecule has 1 N–H and O–H groups in total. The Morgan fingerprint density at radius 3 is 2.71 bits per heavy atom. The summed E-state index contributed by atoms with van der Waals surface area (Å²) in [6.45, 7) is 6.61. The number of amides is 1. The molecule has 3 rings (SSSR count). The molecule has 1 aliphatic carbocycles. The van der Waals surface area contributed by atoms with Crippen LogP contribution in [0.25, 0.3) is 0 Å². The van der Waals surface area contributed by atoms with E-state index in [1.807, 2.05) is 0 Å². The summed E-state index contributed by atoms with van der Waals surface area (Å²) in [7, 11) is 0. The van der Waals surface area contributed by atoms with Crippen molar-refractivity contribution in [1.29, 1.82) is 0 Å². The van der Waals surface area contributed by atoms with Crippen LogP contribution in [0.5, 0.6) is 0 Å². The summed E-state index contributed by atoms with van der Waals surface area (Å²) in [5.41, 5.74) is 0.446. The Hall–Kier alpha value is -1.36. The third kappa shape index (κ3) is 3.37. The lowest BCUT2D eigenvalue weighted by atomic mass is 9.78. The highest BCUT2D eigenvalue weighted by Gasteiger charge is 2.49. The first-order valence-corrected chi connectivity index (χ1v) is 9.50. The summed E-state index contributed by atoms with van der Waals surface area (Å²) in [6.07, 6.45) is 8.53. The average molecular weight is 334 g/mol. The Bertz CT molecular complexity index is 535. The van der Waals surface area contributed by atoms with Gasteiger partial charge < -0.3 is 10.1 Å². The molecule has 1 unspecified atom stereocenters. The average Bonchev–Trinajstić information content (AvgIpc) is 2.80. The molecule has 2 heterocycles. The van der Waals surface area contributed by atoms with Crippen molar-refractivity contribution in [3.63, 3.8) is 0 Å². The number of carbonyl (C=O) groups is 2. The lowest BCUT2D eigenvalue weighted by Crippen LogP contribution is -2.45. The molecule has 0 aromatic heterocycles. The molecule has 1 atom stereocenters. The zero-order chi connectivity index (χ0) is 17.2. The van der Waals surface area contributed by atoms with E-state index >= 15 is 0 Å². The number of nitrogens with one attached hydrogen (secondary N) is 1. The minimum absolute atomic E-state index is 0.107. The lowest BCUT2D eigenvalue weighted by Gasteiger charge is -2.35. The van der Waals surface area contributed by atoms with E-state index in [1.54, 1.807) is 6.92 Å². The summed E-state index contributed by atoms with van der Waals surface area (Å²) in [5.74, 6) is -0.420. The standard InChI is InChI=1S/C19H30N2O3/c1-14-8-4-7-12-21(14)13-11-20-17(22)16-15(2)18(23)24-19(16)9-5-3-6-10-19/h14H,3-13H2,1-2H3,(H,20,22). The molecular weight excluding hydrogens is 304 g/mol.